The molecule has 0 unspecified atom stereocenters. The van der Waals surface area contributed by atoms with Crippen molar-refractivity contribution in [3.05, 3.63) is 46.8 Å². The number of fused-ring (bicyclic) bond motifs is 1. The van der Waals surface area contributed by atoms with Gasteiger partial charge < -0.3 is 25.6 Å². The van der Waals surface area contributed by atoms with Crippen molar-refractivity contribution in [2.24, 2.45) is 0 Å². The number of ether oxygens (including phenoxy) is 2. The molecule has 13 heteroatoms. The minimum absolute atomic E-state index is 0.0572. The first kappa shape index (κ1) is 26.4. The summed E-state index contributed by atoms with van der Waals surface area (Å²) in [5.41, 5.74) is 5.40. The highest BCUT2D eigenvalue weighted by molar-refractivity contribution is 8.00. The minimum atomic E-state index is -0.699. The molecule has 0 saturated carbocycles. The van der Waals surface area contributed by atoms with Crippen LogP contribution in [-0.2, 0) is 14.3 Å². The Bertz CT molecular complexity index is 1130. The normalized spacial score (nSPS) is 21.1. The highest BCUT2D eigenvalue weighted by Crippen LogP contribution is 2.34. The second-order valence-electron chi connectivity index (χ2n) is 7.96. The maximum atomic E-state index is 13.4. The molecule has 3 heterocycles. The summed E-state index contributed by atoms with van der Waals surface area (Å²) in [5, 5.41) is 11.5. The molecule has 1 aromatic carbocycles. The Morgan fingerprint density at radius 3 is 2.74 bits per heavy atom. The molecule has 1 fully saturated rings. The number of amides is 2. The van der Waals surface area contributed by atoms with E-state index in [-0.39, 0.29) is 36.1 Å². The summed E-state index contributed by atoms with van der Waals surface area (Å²) < 4.78 is 25.4. The number of halogens is 1. The number of aromatic nitrogens is 2. The van der Waals surface area contributed by atoms with Gasteiger partial charge in [-0.25, -0.2) is 14.0 Å². The lowest BCUT2D eigenvalue weighted by Gasteiger charge is -2.35. The molecular formula is C22H28FN5O6S. The zero-order valence-electron chi connectivity index (χ0n) is 19.5. The Hall–Kier alpha value is -3.16. The molecule has 2 aliphatic heterocycles. The molecule has 0 radical (unpaired) electrons. The van der Waals surface area contributed by atoms with Gasteiger partial charge in [0.25, 0.3) is 0 Å². The number of aliphatic hydroxyl groups is 1. The van der Waals surface area contributed by atoms with Gasteiger partial charge in [-0.3, -0.25) is 14.3 Å². The van der Waals surface area contributed by atoms with Gasteiger partial charge in [0.1, 0.15) is 29.3 Å². The smallest absolute Gasteiger partial charge is 0.415 e. The lowest BCUT2D eigenvalue weighted by molar-refractivity contribution is -0.117. The third-order valence-electron chi connectivity index (χ3n) is 5.06. The van der Waals surface area contributed by atoms with Crippen LogP contribution >= 0.6 is 11.8 Å². The molecule has 1 saturated heterocycles. The number of rotatable bonds is 4. The van der Waals surface area contributed by atoms with E-state index in [1.54, 1.807) is 33.0 Å². The topological polar surface area (TPSA) is 149 Å². The lowest BCUT2D eigenvalue weighted by atomic mass is 10.1. The fraction of sp³-hybridized carbons (Fsp3) is 0.455. The maximum Gasteiger partial charge on any atom is 0.415 e. The van der Waals surface area contributed by atoms with E-state index >= 15 is 0 Å². The Kier molecular flexibility index (Phi) is 8.70. The van der Waals surface area contributed by atoms with Gasteiger partial charge in [-0.15, -0.1) is 11.8 Å². The Morgan fingerprint density at radius 2 is 2.14 bits per heavy atom. The van der Waals surface area contributed by atoms with Gasteiger partial charge in [-0.2, -0.15) is 4.98 Å². The number of benzene rings is 1. The quantitative estimate of drug-likeness (QED) is 0.564. The second-order valence-corrected chi connectivity index (χ2v) is 9.15. The van der Waals surface area contributed by atoms with Crippen molar-refractivity contribution in [2.45, 2.75) is 51.0 Å². The molecule has 0 bridgehead atoms. The predicted octanol–water partition coefficient (Wildman–Crippen LogP) is 2.31. The number of nitrogens with zero attached hydrogens (tertiary/aromatic N) is 3. The van der Waals surface area contributed by atoms with Gasteiger partial charge in [-0.1, -0.05) is 6.92 Å². The zero-order valence-corrected chi connectivity index (χ0v) is 20.3. The third-order valence-corrected chi connectivity index (χ3v) is 6.17. The van der Waals surface area contributed by atoms with Crippen molar-refractivity contribution in [1.82, 2.24) is 9.55 Å². The van der Waals surface area contributed by atoms with Crippen LogP contribution in [-0.4, -0.2) is 56.6 Å². The maximum absolute atomic E-state index is 13.4. The summed E-state index contributed by atoms with van der Waals surface area (Å²) in [6.07, 6.45) is 0.633. The average Bonchev–Trinajstić information content (AvgIpc) is 3.27. The molecule has 0 aliphatic carbocycles. The van der Waals surface area contributed by atoms with E-state index in [0.29, 0.717) is 23.5 Å². The molecule has 0 spiro atoms. The summed E-state index contributed by atoms with van der Waals surface area (Å²) in [5.74, 6) is 0.0431. The van der Waals surface area contributed by atoms with E-state index in [0.717, 1.165) is 0 Å². The van der Waals surface area contributed by atoms with Crippen LogP contribution < -0.4 is 21.6 Å². The van der Waals surface area contributed by atoms with E-state index in [9.17, 15) is 18.8 Å². The van der Waals surface area contributed by atoms with Crippen LogP contribution in [0.5, 0.6) is 0 Å². The monoisotopic (exact) mass is 509 g/mol. The van der Waals surface area contributed by atoms with Crippen molar-refractivity contribution >= 4 is 41.0 Å². The minimum Gasteiger partial charge on any atom is -0.446 e. The van der Waals surface area contributed by atoms with Gasteiger partial charge in [-0.05, 0) is 44.5 Å². The van der Waals surface area contributed by atoms with Crippen molar-refractivity contribution in [3.63, 3.8) is 0 Å². The number of nitrogens with two attached hydrogens (primary N) is 1. The van der Waals surface area contributed by atoms with E-state index < -0.39 is 23.6 Å². The summed E-state index contributed by atoms with van der Waals surface area (Å²) in [6.45, 7) is 5.16. The van der Waals surface area contributed by atoms with Crippen molar-refractivity contribution in [1.29, 1.82) is 0 Å². The van der Waals surface area contributed by atoms with E-state index in [4.69, 9.17) is 20.3 Å². The van der Waals surface area contributed by atoms with Crippen LogP contribution in [0.25, 0.3) is 0 Å². The third kappa shape index (κ3) is 6.29. The number of hydrogen-bond acceptors (Lipinski definition) is 9. The molecule has 2 aromatic rings. The molecule has 4 rings (SSSR count). The first-order valence-electron chi connectivity index (χ1n) is 11.0. The van der Waals surface area contributed by atoms with Crippen LogP contribution in [0, 0.1) is 5.82 Å². The van der Waals surface area contributed by atoms with E-state index in [1.807, 2.05) is 0 Å². The highest BCUT2D eigenvalue weighted by Gasteiger charge is 2.37. The lowest BCUT2D eigenvalue weighted by Crippen LogP contribution is -2.51. The van der Waals surface area contributed by atoms with Crippen LogP contribution in [0.15, 0.2) is 35.3 Å². The van der Waals surface area contributed by atoms with Crippen molar-refractivity contribution in [3.8, 4) is 0 Å². The number of hydrogen-bond donors (Lipinski definition) is 3. The molecule has 1 aromatic heterocycles. The summed E-state index contributed by atoms with van der Waals surface area (Å²) in [6, 6.07) is 4.73. The van der Waals surface area contributed by atoms with Crippen molar-refractivity contribution < 1.29 is 28.6 Å². The fourth-order valence-corrected chi connectivity index (χ4v) is 4.42. The Morgan fingerprint density at radius 1 is 1.40 bits per heavy atom. The molecular weight excluding hydrogens is 481 g/mol. The first-order valence-corrected chi connectivity index (χ1v) is 12.0. The van der Waals surface area contributed by atoms with Gasteiger partial charge >= 0.3 is 11.8 Å². The average molecular weight is 510 g/mol. The number of nitrogen functional groups attached to an aromatic ring is 1. The zero-order chi connectivity index (χ0) is 25.7. The molecule has 11 nitrogen and oxygen atoms in total. The molecule has 2 aliphatic rings. The van der Waals surface area contributed by atoms with E-state index in [1.165, 1.54) is 39.4 Å². The fourth-order valence-electron chi connectivity index (χ4n) is 3.49. The largest absolute Gasteiger partial charge is 0.446 e. The van der Waals surface area contributed by atoms with Gasteiger partial charge in [0, 0.05) is 11.9 Å². The molecule has 35 heavy (non-hydrogen) atoms. The van der Waals surface area contributed by atoms with Crippen LogP contribution in [0.2, 0.25) is 0 Å². The number of anilines is 3. The van der Waals surface area contributed by atoms with Gasteiger partial charge in [0.05, 0.1) is 24.1 Å². The van der Waals surface area contributed by atoms with Crippen LogP contribution in [0.3, 0.4) is 0 Å². The highest BCUT2D eigenvalue weighted by atomic mass is 32.2. The first-order chi connectivity index (χ1) is 16.6. The second kappa shape index (κ2) is 11.5. The van der Waals surface area contributed by atoms with Crippen LogP contribution in [0.1, 0.15) is 33.4 Å². The summed E-state index contributed by atoms with van der Waals surface area (Å²) in [7, 11) is 0. The number of aliphatic hydroxyl groups excluding tert-OH is 1. The Balaban J connectivity index is 0.000000203. The number of nitrogens with one attached hydrogen (secondary N) is 1. The summed E-state index contributed by atoms with van der Waals surface area (Å²) in [4.78, 5) is 40.5. The molecule has 190 valence electrons. The van der Waals surface area contributed by atoms with Gasteiger partial charge in [0.2, 0.25) is 5.91 Å². The summed E-state index contributed by atoms with van der Waals surface area (Å²) >= 11 is 1.47. The van der Waals surface area contributed by atoms with Crippen LogP contribution in [0.4, 0.5) is 26.4 Å². The Labute approximate surface area is 205 Å². The standard InChI is InChI=1S/C14H17FN2O3.C8H11N3O3S/c1-4-11-13(18)16-10-6-5-9(15)7-12(10)17(11)14(19)20-8(2)3;9-5-1-2-11(8(13)10-5)6-4-15-7(3-12)14-6/h5-8,11H,4H2,1-3H3,(H,16,18);1-2,6-7,12H,3-4H2,(H2,9,10,13)/t11-;6-,7+/m00/s1. The van der Waals surface area contributed by atoms with Crippen molar-refractivity contribution in [2.75, 3.05) is 28.3 Å². The SMILES string of the molecule is CC[C@H]1C(=O)Nc2ccc(F)cc2N1C(=O)OC(C)C.Nc1ccn([C@@H]2CS[C@H](CO)O2)c(=O)n1. The molecule has 3 atom stereocenters. The number of thioether (sulfide) groups is 1. The van der Waals surface area contributed by atoms with E-state index in [2.05, 4.69) is 10.3 Å². The number of carbonyl (C=O) groups is 2. The molecule has 2 amide bonds. The predicted molar refractivity (Wildman–Crippen MR) is 130 cm³/mol. The molecule has 4 N–H and O–H groups in total. The number of carbonyl (C=O) groups excluding carboxylic acids is 2. The van der Waals surface area contributed by atoms with Gasteiger partial charge in [0.15, 0.2) is 0 Å².